The van der Waals surface area contributed by atoms with Gasteiger partial charge in [-0.3, -0.25) is 4.98 Å². The van der Waals surface area contributed by atoms with Gasteiger partial charge < -0.3 is 5.32 Å². The van der Waals surface area contributed by atoms with Gasteiger partial charge in [-0.1, -0.05) is 31.2 Å². The number of nitrogens with zero attached hydrogens (tertiary/aromatic N) is 2. The average molecular weight is 311 g/mol. The molecule has 2 atom stereocenters. The van der Waals surface area contributed by atoms with Crippen molar-refractivity contribution in [2.45, 2.75) is 39.3 Å². The van der Waals surface area contributed by atoms with Gasteiger partial charge in [0, 0.05) is 22.8 Å². The Morgan fingerprint density at radius 2 is 1.77 bits per heavy atom. The van der Waals surface area contributed by atoms with Crippen LogP contribution in [0.4, 0.5) is 0 Å². The zero-order valence-corrected chi connectivity index (χ0v) is 14.0. The molecular weight excluding hydrogens is 290 g/mol. The monoisotopic (exact) mass is 311 g/mol. The number of aromatic nitrogens is 2. The first-order valence-electron chi connectivity index (χ1n) is 7.73. The maximum atomic E-state index is 4.76. The lowest BCUT2D eigenvalue weighted by atomic mass is 10.1. The summed E-state index contributed by atoms with van der Waals surface area (Å²) in [5.41, 5.74) is 3.23. The van der Waals surface area contributed by atoms with Crippen molar-refractivity contribution in [1.82, 2.24) is 15.3 Å². The van der Waals surface area contributed by atoms with E-state index < -0.39 is 0 Å². The van der Waals surface area contributed by atoms with Crippen LogP contribution in [0.5, 0.6) is 0 Å². The van der Waals surface area contributed by atoms with Gasteiger partial charge in [-0.25, -0.2) is 4.98 Å². The maximum Gasteiger partial charge on any atom is 0.0926 e. The standard InChI is InChI=1S/C18H21N3S/c1-4-18-21-17(11-22-18)13(3)19-12(2)15-10-9-14-7-5-6-8-16(14)20-15/h5-13,19H,4H2,1-3H3/t12-,13+/m0/s1. The molecule has 114 valence electrons. The van der Waals surface area contributed by atoms with Crippen molar-refractivity contribution >= 4 is 22.2 Å². The molecule has 22 heavy (non-hydrogen) atoms. The third-order valence-corrected chi connectivity index (χ3v) is 4.89. The van der Waals surface area contributed by atoms with Crippen molar-refractivity contribution in [3.63, 3.8) is 0 Å². The number of hydrogen-bond acceptors (Lipinski definition) is 4. The van der Waals surface area contributed by atoms with E-state index >= 15 is 0 Å². The summed E-state index contributed by atoms with van der Waals surface area (Å²) >= 11 is 1.74. The first kappa shape index (κ1) is 15.1. The fourth-order valence-corrected chi connectivity index (χ4v) is 3.39. The van der Waals surface area contributed by atoms with E-state index in [4.69, 9.17) is 4.98 Å². The van der Waals surface area contributed by atoms with E-state index in [1.807, 2.05) is 12.1 Å². The van der Waals surface area contributed by atoms with Gasteiger partial charge in [-0.15, -0.1) is 11.3 Å². The van der Waals surface area contributed by atoms with Gasteiger partial charge in [-0.2, -0.15) is 0 Å². The average Bonchev–Trinajstić information content (AvgIpc) is 3.03. The summed E-state index contributed by atoms with van der Waals surface area (Å²) in [5, 5.41) is 8.12. The Morgan fingerprint density at radius 1 is 1.00 bits per heavy atom. The number of hydrogen-bond donors (Lipinski definition) is 1. The molecule has 0 radical (unpaired) electrons. The smallest absolute Gasteiger partial charge is 0.0926 e. The van der Waals surface area contributed by atoms with Gasteiger partial charge >= 0.3 is 0 Å². The molecule has 2 aromatic heterocycles. The van der Waals surface area contributed by atoms with Gasteiger partial charge in [0.1, 0.15) is 0 Å². The van der Waals surface area contributed by atoms with Crippen LogP contribution < -0.4 is 5.32 Å². The predicted octanol–water partition coefficient (Wildman–Crippen LogP) is 4.67. The molecule has 0 fully saturated rings. The van der Waals surface area contributed by atoms with Crippen LogP contribution in [-0.4, -0.2) is 9.97 Å². The highest BCUT2D eigenvalue weighted by Gasteiger charge is 2.14. The minimum Gasteiger partial charge on any atom is -0.301 e. The van der Waals surface area contributed by atoms with E-state index in [0.29, 0.717) is 0 Å². The molecule has 3 rings (SSSR count). The summed E-state index contributed by atoms with van der Waals surface area (Å²) in [6.07, 6.45) is 0.999. The van der Waals surface area contributed by atoms with Crippen molar-refractivity contribution in [1.29, 1.82) is 0 Å². The molecule has 0 aliphatic heterocycles. The highest BCUT2D eigenvalue weighted by Crippen LogP contribution is 2.22. The Hall–Kier alpha value is -1.78. The largest absolute Gasteiger partial charge is 0.301 e. The minimum atomic E-state index is 0.186. The summed E-state index contributed by atoms with van der Waals surface area (Å²) in [4.78, 5) is 9.42. The topological polar surface area (TPSA) is 37.8 Å². The molecule has 3 aromatic rings. The molecule has 2 heterocycles. The van der Waals surface area contributed by atoms with Crippen molar-refractivity contribution in [3.8, 4) is 0 Å². The molecule has 0 saturated heterocycles. The molecule has 0 amide bonds. The predicted molar refractivity (Wildman–Crippen MR) is 93.2 cm³/mol. The van der Waals surface area contributed by atoms with Crippen molar-refractivity contribution < 1.29 is 0 Å². The Kier molecular flexibility index (Phi) is 4.50. The van der Waals surface area contributed by atoms with Crippen molar-refractivity contribution in [2.75, 3.05) is 0 Å². The molecular formula is C18H21N3S. The van der Waals surface area contributed by atoms with Gasteiger partial charge in [-0.05, 0) is 32.4 Å². The molecule has 0 saturated carbocycles. The zero-order chi connectivity index (χ0) is 15.5. The number of pyridine rings is 1. The second kappa shape index (κ2) is 6.55. The number of nitrogens with one attached hydrogen (secondary N) is 1. The number of thiazole rings is 1. The first-order chi connectivity index (χ1) is 10.7. The number of aryl methyl sites for hydroxylation is 1. The highest BCUT2D eigenvalue weighted by atomic mass is 32.1. The van der Waals surface area contributed by atoms with Crippen LogP contribution in [0.1, 0.15) is 49.3 Å². The normalized spacial score (nSPS) is 14.1. The van der Waals surface area contributed by atoms with E-state index in [2.05, 4.69) is 60.7 Å². The van der Waals surface area contributed by atoms with E-state index in [-0.39, 0.29) is 12.1 Å². The SMILES string of the molecule is CCc1nc([C@@H](C)N[C@@H](C)c2ccc3ccccc3n2)cs1. The Bertz CT molecular complexity index is 766. The van der Waals surface area contributed by atoms with Crippen LogP contribution >= 0.6 is 11.3 Å². The highest BCUT2D eigenvalue weighted by molar-refractivity contribution is 7.09. The maximum absolute atomic E-state index is 4.76. The van der Waals surface area contributed by atoms with Crippen molar-refractivity contribution in [2.24, 2.45) is 0 Å². The van der Waals surface area contributed by atoms with Crippen molar-refractivity contribution in [3.05, 3.63) is 58.2 Å². The number of rotatable bonds is 5. The third kappa shape index (κ3) is 3.18. The van der Waals surface area contributed by atoms with Crippen LogP contribution in [0.3, 0.4) is 0 Å². The summed E-state index contributed by atoms with van der Waals surface area (Å²) in [5.74, 6) is 0. The van der Waals surface area contributed by atoms with Crippen LogP contribution in [-0.2, 0) is 6.42 Å². The van der Waals surface area contributed by atoms with Crippen LogP contribution in [0, 0.1) is 0 Å². The molecule has 4 heteroatoms. The van der Waals surface area contributed by atoms with Gasteiger partial charge in [0.15, 0.2) is 0 Å². The molecule has 0 aliphatic carbocycles. The molecule has 0 unspecified atom stereocenters. The second-order valence-electron chi connectivity index (χ2n) is 5.56. The first-order valence-corrected chi connectivity index (χ1v) is 8.61. The summed E-state index contributed by atoms with van der Waals surface area (Å²) in [6.45, 7) is 6.45. The lowest BCUT2D eigenvalue weighted by Gasteiger charge is -2.18. The lowest BCUT2D eigenvalue weighted by molar-refractivity contribution is 0.480. The van der Waals surface area contributed by atoms with Gasteiger partial charge in [0.2, 0.25) is 0 Å². The molecule has 0 spiro atoms. The van der Waals surface area contributed by atoms with E-state index in [0.717, 1.165) is 23.3 Å². The Balaban J connectivity index is 1.75. The fraction of sp³-hybridized carbons (Fsp3) is 0.333. The van der Waals surface area contributed by atoms with E-state index in [1.165, 1.54) is 10.4 Å². The van der Waals surface area contributed by atoms with Gasteiger partial charge in [0.25, 0.3) is 0 Å². The molecule has 3 nitrogen and oxygen atoms in total. The summed E-state index contributed by atoms with van der Waals surface area (Å²) in [6, 6.07) is 12.9. The van der Waals surface area contributed by atoms with Crippen LogP contribution in [0.25, 0.3) is 10.9 Å². The second-order valence-corrected chi connectivity index (χ2v) is 6.50. The molecule has 0 aliphatic rings. The van der Waals surface area contributed by atoms with E-state index in [1.54, 1.807) is 11.3 Å². The molecule has 1 N–H and O–H groups in total. The summed E-state index contributed by atoms with van der Waals surface area (Å²) < 4.78 is 0. The zero-order valence-electron chi connectivity index (χ0n) is 13.2. The van der Waals surface area contributed by atoms with E-state index in [9.17, 15) is 0 Å². The van der Waals surface area contributed by atoms with Crippen LogP contribution in [0.2, 0.25) is 0 Å². The van der Waals surface area contributed by atoms with Gasteiger partial charge in [0.05, 0.1) is 21.9 Å². The lowest BCUT2D eigenvalue weighted by Crippen LogP contribution is -2.23. The summed E-state index contributed by atoms with van der Waals surface area (Å²) in [7, 11) is 0. The quantitative estimate of drug-likeness (QED) is 0.744. The number of para-hydroxylation sites is 1. The molecule has 1 aromatic carbocycles. The number of benzene rings is 1. The minimum absolute atomic E-state index is 0.186. The third-order valence-electron chi connectivity index (χ3n) is 3.88. The Labute approximate surface area is 135 Å². The van der Waals surface area contributed by atoms with Crippen LogP contribution in [0.15, 0.2) is 41.8 Å². The Morgan fingerprint density at radius 3 is 2.55 bits per heavy atom. The molecule has 0 bridgehead atoms. The number of fused-ring (bicyclic) bond motifs is 1. The fourth-order valence-electron chi connectivity index (χ4n) is 2.56.